The topological polar surface area (TPSA) is 26.3 Å². The molecule has 0 heterocycles. The van der Waals surface area contributed by atoms with Crippen molar-refractivity contribution in [1.29, 1.82) is 0 Å². The fourth-order valence-corrected chi connectivity index (χ4v) is 7.31. The number of hydrogen-bond donors (Lipinski definition) is 0. The van der Waals surface area contributed by atoms with Crippen molar-refractivity contribution in [3.8, 4) is 0 Å². The van der Waals surface area contributed by atoms with Gasteiger partial charge in [-0.05, 0) is 26.2 Å². The van der Waals surface area contributed by atoms with Gasteiger partial charge < -0.3 is 4.74 Å². The van der Waals surface area contributed by atoms with Crippen molar-refractivity contribution in [2.45, 2.75) is 65.1 Å². The van der Waals surface area contributed by atoms with Crippen LogP contribution in [0, 0.1) is 5.92 Å². The van der Waals surface area contributed by atoms with E-state index in [-0.39, 0.29) is 11.9 Å². The summed E-state index contributed by atoms with van der Waals surface area (Å²) >= 11 is 0. The molecule has 2 nitrogen and oxygen atoms in total. The molecule has 3 heteroatoms. The van der Waals surface area contributed by atoms with Crippen LogP contribution in [0.15, 0.2) is 11.3 Å². The van der Waals surface area contributed by atoms with E-state index in [0.717, 1.165) is 19.3 Å². The van der Waals surface area contributed by atoms with Gasteiger partial charge in [0, 0.05) is 0 Å². The van der Waals surface area contributed by atoms with Gasteiger partial charge in [0.1, 0.15) is 0 Å². The number of rotatable bonds is 6. The SMILES string of the molecule is CCOC(=O)C1CC=C([Si](CC)(CC)CC)CC1. The fraction of sp³-hybridized carbons (Fsp3) is 0.800. The van der Waals surface area contributed by atoms with Gasteiger partial charge in [-0.25, -0.2) is 0 Å². The van der Waals surface area contributed by atoms with Crippen LogP contribution in [0.3, 0.4) is 0 Å². The molecule has 0 aromatic rings. The molecule has 0 amide bonds. The number of ether oxygens (including phenoxy) is 1. The molecule has 1 aliphatic carbocycles. The Morgan fingerprint density at radius 2 is 1.89 bits per heavy atom. The Bertz CT molecular complexity index is 297. The van der Waals surface area contributed by atoms with Crippen LogP contribution >= 0.6 is 0 Å². The lowest BCUT2D eigenvalue weighted by Gasteiger charge is -2.34. The van der Waals surface area contributed by atoms with Crippen LogP contribution < -0.4 is 0 Å². The first kappa shape index (κ1) is 15.5. The van der Waals surface area contributed by atoms with Crippen LogP contribution in [0.2, 0.25) is 18.1 Å². The zero-order chi connectivity index (χ0) is 13.6. The highest BCUT2D eigenvalue weighted by molar-refractivity contribution is 6.86. The van der Waals surface area contributed by atoms with E-state index >= 15 is 0 Å². The summed E-state index contributed by atoms with van der Waals surface area (Å²) in [6.07, 6.45) is 5.42. The monoisotopic (exact) mass is 268 g/mol. The van der Waals surface area contributed by atoms with Gasteiger partial charge in [0.25, 0.3) is 0 Å². The summed E-state index contributed by atoms with van der Waals surface area (Å²) in [6.45, 7) is 9.42. The highest BCUT2D eigenvalue weighted by atomic mass is 28.3. The molecule has 0 aliphatic heterocycles. The molecule has 0 aromatic heterocycles. The molecule has 1 rings (SSSR count). The van der Waals surface area contributed by atoms with E-state index in [0.29, 0.717) is 6.61 Å². The molecule has 0 radical (unpaired) electrons. The van der Waals surface area contributed by atoms with E-state index in [1.807, 2.05) is 6.92 Å². The lowest BCUT2D eigenvalue weighted by Crippen LogP contribution is -2.36. The lowest BCUT2D eigenvalue weighted by molar-refractivity contribution is -0.148. The average Bonchev–Trinajstić information content (AvgIpc) is 2.42. The number of carbonyl (C=O) groups is 1. The summed E-state index contributed by atoms with van der Waals surface area (Å²) in [6, 6.07) is 4.03. The van der Waals surface area contributed by atoms with Crippen LogP contribution in [0.25, 0.3) is 0 Å². The third-order valence-corrected chi connectivity index (χ3v) is 10.6. The molecule has 1 atom stereocenters. The highest BCUT2D eigenvalue weighted by Gasteiger charge is 2.34. The average molecular weight is 268 g/mol. The van der Waals surface area contributed by atoms with E-state index in [2.05, 4.69) is 26.8 Å². The summed E-state index contributed by atoms with van der Waals surface area (Å²) in [5.41, 5.74) is 0. The molecule has 0 saturated carbocycles. The second-order valence-corrected chi connectivity index (χ2v) is 10.6. The maximum Gasteiger partial charge on any atom is 0.309 e. The minimum atomic E-state index is -1.19. The summed E-state index contributed by atoms with van der Waals surface area (Å²) in [5.74, 6) is 0.121. The maximum atomic E-state index is 11.7. The Balaban J connectivity index is 2.71. The van der Waals surface area contributed by atoms with Crippen molar-refractivity contribution in [3.05, 3.63) is 11.3 Å². The maximum absolute atomic E-state index is 11.7. The number of esters is 1. The lowest BCUT2D eigenvalue weighted by atomic mass is 9.94. The molecule has 0 bridgehead atoms. The van der Waals surface area contributed by atoms with Crippen molar-refractivity contribution in [2.24, 2.45) is 5.92 Å². The molecule has 0 spiro atoms. The van der Waals surface area contributed by atoms with E-state index in [1.165, 1.54) is 18.1 Å². The fourth-order valence-electron chi connectivity index (χ4n) is 3.22. The van der Waals surface area contributed by atoms with E-state index in [1.54, 1.807) is 5.20 Å². The first-order chi connectivity index (χ1) is 8.63. The molecule has 1 unspecified atom stereocenters. The second-order valence-electron chi connectivity index (χ2n) is 5.29. The van der Waals surface area contributed by atoms with Crippen LogP contribution in [0.4, 0.5) is 0 Å². The Morgan fingerprint density at radius 1 is 1.28 bits per heavy atom. The van der Waals surface area contributed by atoms with Crippen molar-refractivity contribution in [2.75, 3.05) is 6.61 Å². The third kappa shape index (κ3) is 3.25. The van der Waals surface area contributed by atoms with Gasteiger partial charge in [0.2, 0.25) is 0 Å². The van der Waals surface area contributed by atoms with Gasteiger partial charge in [0.05, 0.1) is 20.6 Å². The van der Waals surface area contributed by atoms with E-state index in [4.69, 9.17) is 4.74 Å². The van der Waals surface area contributed by atoms with Crippen LogP contribution in [-0.2, 0) is 9.53 Å². The normalized spacial score (nSPS) is 20.4. The Kier molecular flexibility index (Phi) is 6.13. The van der Waals surface area contributed by atoms with E-state index in [9.17, 15) is 4.79 Å². The van der Waals surface area contributed by atoms with Crippen molar-refractivity contribution >= 4 is 14.0 Å². The van der Waals surface area contributed by atoms with Crippen molar-refractivity contribution in [1.82, 2.24) is 0 Å². The zero-order valence-corrected chi connectivity index (χ0v) is 13.4. The number of allylic oxidation sites excluding steroid dienone is 2. The number of hydrogen-bond acceptors (Lipinski definition) is 2. The van der Waals surface area contributed by atoms with Crippen LogP contribution in [0.1, 0.15) is 47.0 Å². The summed E-state index contributed by atoms with van der Waals surface area (Å²) in [4.78, 5) is 11.7. The summed E-state index contributed by atoms with van der Waals surface area (Å²) < 4.78 is 5.12. The van der Waals surface area contributed by atoms with Crippen LogP contribution in [-0.4, -0.2) is 20.7 Å². The minimum absolute atomic E-state index is 0.00422. The second kappa shape index (κ2) is 7.12. The number of carbonyl (C=O) groups excluding carboxylic acids is 1. The standard InChI is InChI=1S/C15H28O2Si/c1-5-17-15(16)13-9-11-14(12-10-13)18(6-2,7-3)8-4/h11,13H,5-10,12H2,1-4H3. The Labute approximate surface area is 113 Å². The zero-order valence-electron chi connectivity index (χ0n) is 12.4. The highest BCUT2D eigenvalue weighted by Crippen LogP contribution is 2.36. The molecule has 104 valence electrons. The van der Waals surface area contributed by atoms with E-state index < -0.39 is 8.07 Å². The first-order valence-electron chi connectivity index (χ1n) is 7.49. The predicted molar refractivity (Wildman–Crippen MR) is 79.3 cm³/mol. The van der Waals surface area contributed by atoms with Gasteiger partial charge >= 0.3 is 5.97 Å². The van der Waals surface area contributed by atoms with Gasteiger partial charge in [0.15, 0.2) is 0 Å². The third-order valence-electron chi connectivity index (χ3n) is 4.74. The molecule has 0 N–H and O–H groups in total. The Hall–Kier alpha value is -0.573. The van der Waals surface area contributed by atoms with Gasteiger partial charge in [-0.3, -0.25) is 4.79 Å². The molecular formula is C15H28O2Si. The van der Waals surface area contributed by atoms with Crippen molar-refractivity contribution < 1.29 is 9.53 Å². The predicted octanol–water partition coefficient (Wildman–Crippen LogP) is 4.32. The minimum Gasteiger partial charge on any atom is -0.466 e. The largest absolute Gasteiger partial charge is 0.466 e. The van der Waals surface area contributed by atoms with Crippen molar-refractivity contribution in [3.63, 3.8) is 0 Å². The van der Waals surface area contributed by atoms with Gasteiger partial charge in [-0.1, -0.05) is 50.2 Å². The molecule has 0 saturated heterocycles. The Morgan fingerprint density at radius 3 is 2.28 bits per heavy atom. The molecule has 0 fully saturated rings. The summed E-state index contributed by atoms with van der Waals surface area (Å²) in [5, 5.41) is 1.72. The smallest absolute Gasteiger partial charge is 0.309 e. The van der Waals surface area contributed by atoms with Gasteiger partial charge in [-0.2, -0.15) is 0 Å². The van der Waals surface area contributed by atoms with Crippen LogP contribution in [0.5, 0.6) is 0 Å². The summed E-state index contributed by atoms with van der Waals surface area (Å²) in [7, 11) is -1.19. The molecular weight excluding hydrogens is 240 g/mol. The quantitative estimate of drug-likeness (QED) is 0.529. The van der Waals surface area contributed by atoms with Gasteiger partial charge in [-0.15, -0.1) is 0 Å². The first-order valence-corrected chi connectivity index (χ1v) is 10.1. The molecule has 1 aliphatic rings. The molecule has 18 heavy (non-hydrogen) atoms. The molecule has 0 aromatic carbocycles.